The first-order chi connectivity index (χ1) is 10.8. The Hall–Kier alpha value is -1.35. The average Bonchev–Trinajstić information content (AvgIpc) is 3.05. The fourth-order valence-corrected chi connectivity index (χ4v) is 4.05. The molecule has 1 aliphatic heterocycles. The van der Waals surface area contributed by atoms with Crippen molar-refractivity contribution in [3.63, 3.8) is 0 Å². The normalized spacial score (nSPS) is 28.3. The number of nitrogens with one attached hydrogen (secondary N) is 1. The summed E-state index contributed by atoms with van der Waals surface area (Å²) in [7, 11) is 0. The fraction of sp³-hybridized carbons (Fsp3) is 0.650. The van der Waals surface area contributed by atoms with Gasteiger partial charge in [0.2, 0.25) is 5.91 Å². The lowest BCUT2D eigenvalue weighted by molar-refractivity contribution is -0.129. The van der Waals surface area contributed by atoms with Crippen molar-refractivity contribution in [3.8, 4) is 0 Å². The van der Waals surface area contributed by atoms with Gasteiger partial charge in [0.05, 0.1) is 6.04 Å². The summed E-state index contributed by atoms with van der Waals surface area (Å²) in [4.78, 5) is 15.2. The molecule has 0 bridgehead atoms. The molecular weight excluding hydrogens is 284 g/mol. The molecular formula is C20H30N2O. The van der Waals surface area contributed by atoms with Crippen molar-refractivity contribution in [2.45, 2.75) is 59.0 Å². The summed E-state index contributed by atoms with van der Waals surface area (Å²) in [6.45, 7) is 12.7. The Morgan fingerprint density at radius 3 is 2.52 bits per heavy atom. The molecule has 3 heteroatoms. The summed E-state index contributed by atoms with van der Waals surface area (Å²) in [5, 5.41) is 3.36. The topological polar surface area (TPSA) is 32.3 Å². The zero-order chi connectivity index (χ0) is 16.8. The molecule has 0 spiro atoms. The number of hydrogen-bond donors (Lipinski definition) is 1. The van der Waals surface area contributed by atoms with Crippen LogP contribution in [0.25, 0.3) is 0 Å². The maximum Gasteiger partial charge on any atom is 0.225 e. The van der Waals surface area contributed by atoms with E-state index in [1.807, 2.05) is 20.8 Å². The first-order valence-corrected chi connectivity index (χ1v) is 8.96. The molecule has 4 atom stereocenters. The van der Waals surface area contributed by atoms with Gasteiger partial charge in [0, 0.05) is 36.4 Å². The summed E-state index contributed by atoms with van der Waals surface area (Å²) in [5.74, 6) is 1.22. The summed E-state index contributed by atoms with van der Waals surface area (Å²) >= 11 is 0. The van der Waals surface area contributed by atoms with Crippen molar-refractivity contribution in [2.75, 3.05) is 13.1 Å². The van der Waals surface area contributed by atoms with Gasteiger partial charge in [0.1, 0.15) is 0 Å². The molecule has 1 saturated heterocycles. The number of hydrogen-bond acceptors (Lipinski definition) is 2. The predicted octanol–water partition coefficient (Wildman–Crippen LogP) is 3.72. The lowest BCUT2D eigenvalue weighted by Gasteiger charge is -2.28. The molecule has 0 saturated carbocycles. The molecule has 23 heavy (non-hydrogen) atoms. The average molecular weight is 314 g/mol. The van der Waals surface area contributed by atoms with E-state index in [0.29, 0.717) is 17.9 Å². The highest BCUT2D eigenvalue weighted by atomic mass is 16.2. The Morgan fingerprint density at radius 2 is 1.91 bits per heavy atom. The van der Waals surface area contributed by atoms with Crippen LogP contribution in [0.3, 0.4) is 0 Å². The molecule has 1 N–H and O–H groups in total. The van der Waals surface area contributed by atoms with E-state index in [-0.39, 0.29) is 17.4 Å². The zero-order valence-electron chi connectivity index (χ0n) is 15.1. The molecule has 0 unspecified atom stereocenters. The monoisotopic (exact) mass is 314 g/mol. The minimum atomic E-state index is -0.345. The van der Waals surface area contributed by atoms with Gasteiger partial charge in [-0.2, -0.15) is 0 Å². The fourth-order valence-electron chi connectivity index (χ4n) is 4.05. The highest BCUT2D eigenvalue weighted by Gasteiger charge is 2.47. The number of carbonyl (C=O) groups is 1. The molecule has 1 aromatic rings. The van der Waals surface area contributed by atoms with Crippen LogP contribution in [0, 0.1) is 11.3 Å². The lowest BCUT2D eigenvalue weighted by atomic mass is 9.91. The van der Waals surface area contributed by atoms with Gasteiger partial charge in [0.25, 0.3) is 0 Å². The number of fused-ring (bicyclic) bond motifs is 3. The Balaban J connectivity index is 1.88. The van der Waals surface area contributed by atoms with Gasteiger partial charge >= 0.3 is 0 Å². The van der Waals surface area contributed by atoms with Crippen LogP contribution in [-0.4, -0.2) is 29.9 Å². The smallest absolute Gasteiger partial charge is 0.225 e. The molecule has 0 aromatic heterocycles. The number of amides is 1. The predicted molar refractivity (Wildman–Crippen MR) is 94.3 cm³/mol. The highest BCUT2D eigenvalue weighted by molar-refractivity contribution is 5.82. The Labute approximate surface area is 140 Å². The van der Waals surface area contributed by atoms with Crippen LogP contribution in [0.4, 0.5) is 0 Å². The van der Waals surface area contributed by atoms with Crippen LogP contribution in [-0.2, 0) is 4.79 Å². The first kappa shape index (κ1) is 16.5. The molecule has 1 aliphatic carbocycles. The van der Waals surface area contributed by atoms with Crippen LogP contribution in [0.1, 0.15) is 64.1 Å². The van der Waals surface area contributed by atoms with Crippen LogP contribution < -0.4 is 5.32 Å². The van der Waals surface area contributed by atoms with Gasteiger partial charge in [-0.1, -0.05) is 52.0 Å². The van der Waals surface area contributed by atoms with Crippen molar-refractivity contribution >= 4 is 5.91 Å². The summed E-state index contributed by atoms with van der Waals surface area (Å²) in [6, 6.07) is 9.48. The third-order valence-electron chi connectivity index (χ3n) is 5.73. The van der Waals surface area contributed by atoms with Crippen molar-refractivity contribution in [1.82, 2.24) is 10.2 Å². The van der Waals surface area contributed by atoms with Crippen LogP contribution in [0.2, 0.25) is 0 Å². The quantitative estimate of drug-likeness (QED) is 0.922. The van der Waals surface area contributed by atoms with Crippen molar-refractivity contribution in [1.29, 1.82) is 0 Å². The summed E-state index contributed by atoms with van der Waals surface area (Å²) in [5.41, 5.74) is 2.44. The van der Waals surface area contributed by atoms with E-state index in [0.717, 1.165) is 13.1 Å². The molecule has 1 amide bonds. The van der Waals surface area contributed by atoms with E-state index < -0.39 is 0 Å². The van der Waals surface area contributed by atoms with Gasteiger partial charge in [-0.15, -0.1) is 0 Å². The number of nitrogens with zero attached hydrogens (tertiary/aromatic N) is 1. The van der Waals surface area contributed by atoms with Crippen LogP contribution >= 0.6 is 0 Å². The van der Waals surface area contributed by atoms with E-state index in [1.165, 1.54) is 17.5 Å². The number of rotatable bonds is 3. The first-order valence-electron chi connectivity index (χ1n) is 8.96. The van der Waals surface area contributed by atoms with Crippen molar-refractivity contribution < 1.29 is 4.79 Å². The Kier molecular flexibility index (Phi) is 4.26. The van der Waals surface area contributed by atoms with E-state index in [1.54, 1.807) is 0 Å². The summed E-state index contributed by atoms with van der Waals surface area (Å²) < 4.78 is 0. The largest absolute Gasteiger partial charge is 0.348 e. The third-order valence-corrected chi connectivity index (χ3v) is 5.73. The molecule has 3 rings (SSSR count). The van der Waals surface area contributed by atoms with E-state index in [2.05, 4.69) is 48.3 Å². The second-order valence-electron chi connectivity index (χ2n) is 8.31. The number of benzene rings is 1. The lowest BCUT2D eigenvalue weighted by Crippen LogP contribution is -2.40. The second kappa shape index (κ2) is 5.94. The van der Waals surface area contributed by atoms with E-state index in [9.17, 15) is 4.79 Å². The molecule has 1 aromatic carbocycles. The van der Waals surface area contributed by atoms with E-state index in [4.69, 9.17) is 0 Å². The molecule has 126 valence electrons. The Bertz CT molecular complexity index is 590. The van der Waals surface area contributed by atoms with E-state index >= 15 is 0 Å². The highest BCUT2D eigenvalue weighted by Crippen LogP contribution is 2.49. The maximum atomic E-state index is 12.6. The zero-order valence-corrected chi connectivity index (χ0v) is 15.1. The molecule has 1 fully saturated rings. The third kappa shape index (κ3) is 2.91. The Morgan fingerprint density at radius 1 is 1.26 bits per heavy atom. The number of likely N-dealkylation sites (tertiary alicyclic amines) is 1. The van der Waals surface area contributed by atoms with Gasteiger partial charge in [0.15, 0.2) is 0 Å². The standard InChI is InChI=1S/C20H30N2O/c1-6-13(2)22-11-16-14-9-7-8-10-15(14)18(17(16)12-22)21-19(23)20(3,4)5/h7-10,13,16-18H,6,11-12H2,1-5H3,(H,21,23)/t13-,16-,17-,18+/m0/s1. The summed E-state index contributed by atoms with van der Waals surface area (Å²) in [6.07, 6.45) is 1.18. The SMILES string of the molecule is CC[C@H](C)N1C[C@@H]2[C@H](NC(=O)C(C)(C)C)c3ccccc3[C@@H]2C1. The maximum absolute atomic E-state index is 12.6. The van der Waals surface area contributed by atoms with Gasteiger partial charge < -0.3 is 5.32 Å². The van der Waals surface area contributed by atoms with Gasteiger partial charge in [-0.05, 0) is 24.5 Å². The minimum Gasteiger partial charge on any atom is -0.348 e. The molecule has 1 heterocycles. The van der Waals surface area contributed by atoms with Gasteiger partial charge in [-0.25, -0.2) is 0 Å². The molecule has 0 radical (unpaired) electrons. The van der Waals surface area contributed by atoms with Crippen molar-refractivity contribution in [2.24, 2.45) is 11.3 Å². The molecule has 2 aliphatic rings. The molecule has 3 nitrogen and oxygen atoms in total. The van der Waals surface area contributed by atoms with Crippen LogP contribution in [0.15, 0.2) is 24.3 Å². The van der Waals surface area contributed by atoms with Gasteiger partial charge in [-0.3, -0.25) is 9.69 Å². The van der Waals surface area contributed by atoms with Crippen LogP contribution in [0.5, 0.6) is 0 Å². The number of carbonyl (C=O) groups excluding carboxylic acids is 1. The minimum absolute atomic E-state index is 0.153. The van der Waals surface area contributed by atoms with Crippen molar-refractivity contribution in [3.05, 3.63) is 35.4 Å². The second-order valence-corrected chi connectivity index (χ2v) is 8.31.